The third kappa shape index (κ3) is 5.26. The molecule has 0 spiro atoms. The van der Waals surface area contributed by atoms with E-state index in [1.807, 2.05) is 30.3 Å². The Hall–Kier alpha value is -3.06. The molecule has 29 heavy (non-hydrogen) atoms. The van der Waals surface area contributed by atoms with Crippen LogP contribution in [-0.2, 0) is 15.3 Å². The first-order chi connectivity index (χ1) is 14.0. The van der Waals surface area contributed by atoms with E-state index in [1.54, 1.807) is 0 Å². The van der Waals surface area contributed by atoms with Gasteiger partial charge in [0.25, 0.3) is 0 Å². The van der Waals surface area contributed by atoms with Crippen LogP contribution >= 0.6 is 11.8 Å². The summed E-state index contributed by atoms with van der Waals surface area (Å²) in [6.45, 7) is 0. The minimum atomic E-state index is -0.794. The second-order valence-corrected chi connectivity index (χ2v) is 7.32. The fourth-order valence-electron chi connectivity index (χ4n) is 2.84. The third-order valence-corrected chi connectivity index (χ3v) is 5.35. The number of carbonyl (C=O) groups is 1. The number of hydrogen-bond acceptors (Lipinski definition) is 6. The molecule has 1 heterocycles. The van der Waals surface area contributed by atoms with E-state index in [0.29, 0.717) is 17.1 Å². The quantitative estimate of drug-likeness (QED) is 0.454. The number of rotatable bonds is 7. The molecule has 5 nitrogen and oxygen atoms in total. The van der Waals surface area contributed by atoms with Crippen LogP contribution in [-0.4, -0.2) is 18.2 Å². The Bertz CT molecular complexity index is 1030. The van der Waals surface area contributed by atoms with Gasteiger partial charge < -0.3 is 14.3 Å². The zero-order valence-corrected chi connectivity index (χ0v) is 16.4. The summed E-state index contributed by atoms with van der Waals surface area (Å²) in [5, 5.41) is 10.3. The van der Waals surface area contributed by atoms with E-state index in [-0.39, 0.29) is 12.2 Å². The number of aromatic hydroxyl groups is 1. The number of esters is 1. The van der Waals surface area contributed by atoms with Crippen molar-refractivity contribution in [2.75, 3.05) is 7.11 Å². The smallest absolute Gasteiger partial charge is 0.306 e. The van der Waals surface area contributed by atoms with E-state index in [4.69, 9.17) is 9.15 Å². The summed E-state index contributed by atoms with van der Waals surface area (Å²) in [5.41, 5.74) is -0.0880. The van der Waals surface area contributed by atoms with Crippen molar-refractivity contribution in [3.63, 3.8) is 0 Å². The second kappa shape index (κ2) is 9.43. The van der Waals surface area contributed by atoms with Gasteiger partial charge in [-0.25, -0.2) is 4.39 Å². The Labute approximate surface area is 171 Å². The van der Waals surface area contributed by atoms with Crippen LogP contribution < -0.4 is 5.43 Å². The maximum atomic E-state index is 13.3. The maximum Gasteiger partial charge on any atom is 0.306 e. The molecular weight excluding hydrogens is 395 g/mol. The number of thioether (sulfide) groups is 1. The normalized spacial score (nSPS) is 11.8. The lowest BCUT2D eigenvalue weighted by Gasteiger charge is -2.17. The Morgan fingerprint density at radius 3 is 2.52 bits per heavy atom. The van der Waals surface area contributed by atoms with Crippen LogP contribution in [0.4, 0.5) is 4.39 Å². The van der Waals surface area contributed by atoms with Gasteiger partial charge in [0.05, 0.1) is 25.2 Å². The van der Waals surface area contributed by atoms with Crippen LogP contribution in [0.15, 0.2) is 74.8 Å². The number of hydrogen-bond donors (Lipinski definition) is 1. The minimum Gasteiger partial charge on any atom is -0.502 e. The molecule has 0 aliphatic heterocycles. The van der Waals surface area contributed by atoms with Crippen molar-refractivity contribution in [2.24, 2.45) is 0 Å². The third-order valence-electron chi connectivity index (χ3n) is 4.31. The summed E-state index contributed by atoms with van der Waals surface area (Å²) >= 11 is 1.47. The van der Waals surface area contributed by atoms with Gasteiger partial charge in [-0.15, -0.1) is 11.8 Å². The highest BCUT2D eigenvalue weighted by molar-refractivity contribution is 7.98. The molecule has 3 rings (SSSR count). The molecule has 0 radical (unpaired) electrons. The SMILES string of the molecule is COC(=O)C[C@H](c1ccc(F)cc1)c1oc(CSc2ccccc2)cc(=O)c1O. The van der Waals surface area contributed by atoms with Gasteiger partial charge in [0.15, 0.2) is 5.76 Å². The molecule has 2 aromatic carbocycles. The lowest BCUT2D eigenvalue weighted by molar-refractivity contribution is -0.140. The van der Waals surface area contributed by atoms with Gasteiger partial charge in [-0.05, 0) is 29.8 Å². The number of ether oxygens (including phenoxy) is 1. The first-order valence-electron chi connectivity index (χ1n) is 8.84. The van der Waals surface area contributed by atoms with Gasteiger partial charge in [-0.2, -0.15) is 0 Å². The molecule has 1 N–H and O–H groups in total. The minimum absolute atomic E-state index is 0.0434. The number of carbonyl (C=O) groups excluding carboxylic acids is 1. The lowest BCUT2D eigenvalue weighted by Crippen LogP contribution is -2.14. The van der Waals surface area contributed by atoms with E-state index in [2.05, 4.69) is 0 Å². The molecule has 0 unspecified atom stereocenters. The van der Waals surface area contributed by atoms with Crippen molar-refractivity contribution in [1.82, 2.24) is 0 Å². The van der Waals surface area contributed by atoms with Crippen LogP contribution in [0.25, 0.3) is 0 Å². The fraction of sp³-hybridized carbons (Fsp3) is 0.182. The highest BCUT2D eigenvalue weighted by atomic mass is 32.2. The Kier molecular flexibility index (Phi) is 6.72. The first-order valence-corrected chi connectivity index (χ1v) is 9.82. The predicted octanol–water partition coefficient (Wildman–Crippen LogP) is 4.47. The Morgan fingerprint density at radius 2 is 1.86 bits per heavy atom. The van der Waals surface area contributed by atoms with Gasteiger partial charge in [0.2, 0.25) is 11.2 Å². The molecule has 1 atom stereocenters. The number of methoxy groups -OCH3 is 1. The molecule has 0 aliphatic carbocycles. The summed E-state index contributed by atoms with van der Waals surface area (Å²) in [6.07, 6.45) is -0.173. The van der Waals surface area contributed by atoms with Crippen molar-refractivity contribution in [2.45, 2.75) is 23.0 Å². The lowest BCUT2D eigenvalue weighted by atomic mass is 9.92. The van der Waals surface area contributed by atoms with E-state index >= 15 is 0 Å². The Balaban J connectivity index is 1.97. The summed E-state index contributed by atoms with van der Waals surface area (Å²) in [5.74, 6) is -1.68. The average molecular weight is 414 g/mol. The molecule has 7 heteroatoms. The van der Waals surface area contributed by atoms with Crippen molar-refractivity contribution in [3.05, 3.63) is 93.8 Å². The molecule has 0 saturated heterocycles. The zero-order valence-electron chi connectivity index (χ0n) is 15.6. The van der Waals surface area contributed by atoms with Crippen LogP contribution in [0.1, 0.15) is 29.4 Å². The summed E-state index contributed by atoms with van der Waals surface area (Å²) in [6, 6.07) is 16.3. The van der Waals surface area contributed by atoms with Crippen molar-refractivity contribution < 1.29 is 23.4 Å². The second-order valence-electron chi connectivity index (χ2n) is 6.28. The van der Waals surface area contributed by atoms with Crippen molar-refractivity contribution in [3.8, 4) is 5.75 Å². The van der Waals surface area contributed by atoms with Gasteiger partial charge in [0.1, 0.15) is 11.6 Å². The molecule has 0 bridgehead atoms. The van der Waals surface area contributed by atoms with Crippen LogP contribution in [0, 0.1) is 5.82 Å². The van der Waals surface area contributed by atoms with Crippen LogP contribution in [0.5, 0.6) is 5.75 Å². The first kappa shape index (κ1) is 20.7. The topological polar surface area (TPSA) is 76.7 Å². The van der Waals surface area contributed by atoms with Crippen molar-refractivity contribution >= 4 is 17.7 Å². The molecule has 0 saturated carbocycles. The van der Waals surface area contributed by atoms with Crippen molar-refractivity contribution in [1.29, 1.82) is 0 Å². The standard InChI is InChI=1S/C22H19FO5S/c1-27-20(25)12-18(14-7-9-15(23)10-8-14)22-21(26)19(24)11-16(28-22)13-29-17-5-3-2-4-6-17/h2-11,18,26H,12-13H2,1H3/t18-/m1/s1. The summed E-state index contributed by atoms with van der Waals surface area (Å²) in [4.78, 5) is 25.2. The number of benzene rings is 2. The summed E-state index contributed by atoms with van der Waals surface area (Å²) in [7, 11) is 1.24. The highest BCUT2D eigenvalue weighted by Crippen LogP contribution is 2.34. The van der Waals surface area contributed by atoms with E-state index in [9.17, 15) is 19.1 Å². The van der Waals surface area contributed by atoms with Gasteiger partial charge >= 0.3 is 5.97 Å². The molecule has 0 aliphatic rings. The maximum absolute atomic E-state index is 13.3. The Morgan fingerprint density at radius 1 is 1.17 bits per heavy atom. The number of halogens is 1. The van der Waals surface area contributed by atoms with E-state index in [0.717, 1.165) is 4.90 Å². The molecular formula is C22H19FO5S. The predicted molar refractivity (Wildman–Crippen MR) is 108 cm³/mol. The molecule has 0 fully saturated rings. The molecule has 0 amide bonds. The molecule has 150 valence electrons. The molecule has 1 aromatic heterocycles. The monoisotopic (exact) mass is 414 g/mol. The van der Waals surface area contributed by atoms with Crippen LogP contribution in [0.2, 0.25) is 0 Å². The largest absolute Gasteiger partial charge is 0.502 e. The highest BCUT2D eigenvalue weighted by Gasteiger charge is 2.26. The van der Waals surface area contributed by atoms with Crippen LogP contribution in [0.3, 0.4) is 0 Å². The van der Waals surface area contributed by atoms with Gasteiger partial charge in [-0.1, -0.05) is 30.3 Å². The van der Waals surface area contributed by atoms with E-state index in [1.165, 1.54) is 49.2 Å². The zero-order chi connectivity index (χ0) is 20.8. The van der Waals surface area contributed by atoms with E-state index < -0.39 is 28.9 Å². The van der Waals surface area contributed by atoms with Gasteiger partial charge in [0, 0.05) is 11.0 Å². The molecule has 3 aromatic rings. The fourth-order valence-corrected chi connectivity index (χ4v) is 3.64. The summed E-state index contributed by atoms with van der Waals surface area (Å²) < 4.78 is 23.9. The van der Waals surface area contributed by atoms with Gasteiger partial charge in [-0.3, -0.25) is 9.59 Å². The average Bonchev–Trinajstić information content (AvgIpc) is 2.74.